The molecule has 136 heavy (non-hydrogen) atoms. The largest absolute Gasteiger partial charge is 0.491 e. The molecule has 700 valence electrons. The Balaban J connectivity index is 0.543. The van der Waals surface area contributed by atoms with E-state index in [1.54, 1.807) is 97.1 Å². The van der Waals surface area contributed by atoms with E-state index in [9.17, 15) is 38.4 Å². The van der Waals surface area contributed by atoms with Gasteiger partial charge in [0.05, 0.1) is 124 Å². The molecule has 4 fully saturated rings. The van der Waals surface area contributed by atoms with Crippen molar-refractivity contribution in [3.63, 3.8) is 0 Å². The van der Waals surface area contributed by atoms with Crippen LogP contribution in [0.5, 0.6) is 23.0 Å². The molecule has 4 atom stereocenters. The number of hydrogen-bond acceptors (Lipinski definition) is 24. The van der Waals surface area contributed by atoms with Gasteiger partial charge >= 0.3 is 47.8 Å². The van der Waals surface area contributed by atoms with Crippen LogP contribution in [0.4, 0.5) is 0 Å². The van der Waals surface area contributed by atoms with Crippen LogP contribution in [0.25, 0.3) is 87.6 Å². The van der Waals surface area contributed by atoms with Crippen LogP contribution in [0.2, 0.25) is 0 Å². The Kier molecular flexibility index (Phi) is 31.9. The highest BCUT2D eigenvalue weighted by atomic mass is 16.6. The molecular formula is C112H108O24. The van der Waals surface area contributed by atoms with Gasteiger partial charge in [0.25, 0.3) is 0 Å². The predicted octanol–water partition coefficient (Wildman–Crippen LogP) is 21.8. The van der Waals surface area contributed by atoms with E-state index in [0.717, 1.165) is 93.9 Å². The number of fused-ring (bicyclic) bond motifs is 2. The minimum absolute atomic E-state index is 0.0500. The van der Waals surface area contributed by atoms with E-state index in [1.807, 2.05) is 146 Å². The Hall–Kier alpha value is -14.0. The molecule has 0 radical (unpaired) electrons. The van der Waals surface area contributed by atoms with Crippen LogP contribution in [-0.2, 0) is 56.8 Å². The van der Waals surface area contributed by atoms with Gasteiger partial charge in [-0.2, -0.15) is 0 Å². The maximum atomic E-state index is 14.8. The second kappa shape index (κ2) is 46.3. The van der Waals surface area contributed by atoms with Gasteiger partial charge in [-0.05, 0) is 301 Å². The number of rotatable bonds is 52. The van der Waals surface area contributed by atoms with E-state index in [0.29, 0.717) is 195 Å². The minimum Gasteiger partial charge on any atom is -0.491 e. The molecule has 0 spiro atoms. The zero-order chi connectivity index (χ0) is 93.3. The van der Waals surface area contributed by atoms with Gasteiger partial charge in [-0.1, -0.05) is 121 Å². The molecule has 13 aromatic rings. The lowest BCUT2D eigenvalue weighted by Crippen LogP contribution is -2.13. The number of hydrogen-bond donors (Lipinski definition) is 0. The Morgan fingerprint density at radius 1 is 0.191 bits per heavy atom. The van der Waals surface area contributed by atoms with E-state index in [1.165, 1.54) is 0 Å². The van der Waals surface area contributed by atoms with E-state index in [4.69, 9.17) is 75.8 Å². The molecule has 0 N–H and O–H groups in total. The zero-order valence-electron chi connectivity index (χ0n) is 75.8. The summed E-state index contributed by atoms with van der Waals surface area (Å²) < 4.78 is 91.0. The standard InChI is InChI=1S/C112H108O24/c113-105(81-25-17-73(18-26-81)77-33-41-85(42-34-77)129-65-89-69-133-89)121-57-9-1-5-13-61-125-109(117)97-53-49-93-95-51-55-99(111(119)127-63-15-7-3-11-59-123-107(115)83-29-21-75(22-30-83)79-37-45-87(46-38-79)131-67-91-71-135-91)104-100(112(120)128-64-16-8-4-12-60-124-108(116)84-31-23-76(24-32-84)80-39-47-88(48-40-80)132-68-92-72-136-92)56-52-96(102(95)104)94-50-54-98(103(97)101(93)94)110(118)126-62-14-6-2-10-58-122-106(114)82-27-19-74(20-28-82)78-35-43-86(44-36-78)130-66-90-70-134-90/h17-56,89-92H,1-16,57-72H2. The van der Waals surface area contributed by atoms with Gasteiger partial charge in [0.15, 0.2) is 0 Å². The molecule has 0 aliphatic carbocycles. The molecule has 4 aliphatic rings. The van der Waals surface area contributed by atoms with Crippen molar-refractivity contribution in [2.45, 2.75) is 127 Å². The lowest BCUT2D eigenvalue weighted by Gasteiger charge is -2.20. The Bertz CT molecular complexity index is 5520. The van der Waals surface area contributed by atoms with Crippen LogP contribution >= 0.6 is 0 Å². The lowest BCUT2D eigenvalue weighted by atomic mass is 9.84. The van der Waals surface area contributed by atoms with E-state index < -0.39 is 47.8 Å². The molecule has 0 aromatic heterocycles. The van der Waals surface area contributed by atoms with Crippen LogP contribution in [0.15, 0.2) is 243 Å². The summed E-state index contributed by atoms with van der Waals surface area (Å²) in [6.07, 6.45) is 10.3. The summed E-state index contributed by atoms with van der Waals surface area (Å²) in [5.74, 6) is -1.35. The second-order valence-corrected chi connectivity index (χ2v) is 34.4. The Morgan fingerprint density at radius 2 is 0.353 bits per heavy atom. The van der Waals surface area contributed by atoms with Crippen molar-refractivity contribution in [1.82, 2.24) is 0 Å². The summed E-state index contributed by atoms with van der Waals surface area (Å²) in [5.41, 5.74) is 9.91. The third kappa shape index (κ3) is 25.5. The first-order valence-corrected chi connectivity index (χ1v) is 47.1. The summed E-state index contributed by atoms with van der Waals surface area (Å²) in [4.78, 5) is 112. The lowest BCUT2D eigenvalue weighted by molar-refractivity contribution is 0.0470. The van der Waals surface area contributed by atoms with Crippen molar-refractivity contribution in [3.05, 3.63) is 287 Å². The second-order valence-electron chi connectivity index (χ2n) is 34.4. The summed E-state index contributed by atoms with van der Waals surface area (Å²) in [7, 11) is 0. The van der Waals surface area contributed by atoms with Crippen LogP contribution in [-0.4, -0.2) is 178 Å². The number of esters is 8. The summed E-state index contributed by atoms with van der Waals surface area (Å²) in [6, 6.07) is 73.8. The normalized spacial score (nSPS) is 15.0. The third-order valence-corrected chi connectivity index (χ3v) is 24.4. The average Bonchev–Trinajstić information content (AvgIpc) is 1.23. The smallest absolute Gasteiger partial charge is 0.338 e. The molecule has 17 rings (SSSR count). The van der Waals surface area contributed by atoms with Crippen molar-refractivity contribution in [2.24, 2.45) is 0 Å². The van der Waals surface area contributed by atoms with Gasteiger partial charge in [-0.3, -0.25) is 0 Å². The van der Waals surface area contributed by atoms with Crippen molar-refractivity contribution in [3.8, 4) is 67.5 Å². The van der Waals surface area contributed by atoms with Crippen LogP contribution < -0.4 is 18.9 Å². The molecule has 13 aromatic carbocycles. The fraction of sp³-hybridized carbons (Fsp3) is 0.321. The van der Waals surface area contributed by atoms with Crippen molar-refractivity contribution < 1.29 is 114 Å². The molecule has 4 heterocycles. The first-order chi connectivity index (χ1) is 66.7. The molecule has 0 saturated carbocycles. The first-order valence-electron chi connectivity index (χ1n) is 47.1. The van der Waals surface area contributed by atoms with Crippen molar-refractivity contribution in [1.29, 1.82) is 0 Å². The number of carbonyl (C=O) groups excluding carboxylic acids is 8. The van der Waals surface area contributed by atoms with Crippen molar-refractivity contribution in [2.75, 3.05) is 106 Å². The molecule has 24 heteroatoms. The molecule has 4 aliphatic heterocycles. The predicted molar refractivity (Wildman–Crippen MR) is 512 cm³/mol. The molecule has 4 unspecified atom stereocenters. The van der Waals surface area contributed by atoms with Crippen LogP contribution in [0.1, 0.15) is 186 Å². The van der Waals surface area contributed by atoms with Gasteiger partial charge in [0, 0.05) is 10.8 Å². The third-order valence-electron chi connectivity index (χ3n) is 24.4. The number of carbonyl (C=O) groups is 8. The van der Waals surface area contributed by atoms with Gasteiger partial charge in [0.2, 0.25) is 0 Å². The Morgan fingerprint density at radius 3 is 0.522 bits per heavy atom. The maximum Gasteiger partial charge on any atom is 0.338 e. The topological polar surface area (TPSA) is 297 Å². The summed E-state index contributed by atoms with van der Waals surface area (Å²) in [5, 5.41) is 4.11. The van der Waals surface area contributed by atoms with E-state index in [-0.39, 0.29) is 99.5 Å². The highest BCUT2D eigenvalue weighted by Crippen LogP contribution is 2.45. The highest BCUT2D eigenvalue weighted by Gasteiger charge is 2.31. The van der Waals surface area contributed by atoms with Crippen LogP contribution in [0, 0.1) is 0 Å². The quantitative estimate of drug-likeness (QED) is 0.00854. The number of ether oxygens (including phenoxy) is 16. The van der Waals surface area contributed by atoms with Gasteiger partial charge in [0.1, 0.15) is 73.8 Å². The highest BCUT2D eigenvalue weighted by molar-refractivity contribution is 6.38. The minimum atomic E-state index is -0.669. The average molecular weight is 1840 g/mol. The number of unbranched alkanes of at least 4 members (excludes halogenated alkanes) is 12. The van der Waals surface area contributed by atoms with Gasteiger partial charge < -0.3 is 75.8 Å². The maximum absolute atomic E-state index is 14.8. The first kappa shape index (κ1) is 93.8. The molecule has 24 nitrogen and oxygen atoms in total. The summed E-state index contributed by atoms with van der Waals surface area (Å²) in [6.45, 7) is 5.95. The SMILES string of the molecule is O=C(OCCCCCCOC(=O)c1ccc2c3ccc(C(=O)OCCCCCCOC(=O)c4ccc(-c5ccc(OCC6CO6)cc5)cc4)c4c(C(=O)OCCCCCCOC(=O)c5ccc(-c6ccc(OCC7CO7)cc6)cc5)ccc(c5ccc(C(=O)OCCCCCCOC(=O)c6ccc(-c7ccc(OCC8CO8)cc7)cc6)c1c25)c43)c1ccc(-c2ccc(OCC3CO3)cc2)cc1. The Labute approximate surface area is 788 Å². The number of epoxide rings is 4. The zero-order valence-corrected chi connectivity index (χ0v) is 75.8. The van der Waals surface area contributed by atoms with Gasteiger partial charge in [-0.25, -0.2) is 38.4 Å². The van der Waals surface area contributed by atoms with Crippen molar-refractivity contribution >= 4 is 90.8 Å². The molecule has 0 amide bonds. The van der Waals surface area contributed by atoms with Crippen LogP contribution in [0.3, 0.4) is 0 Å². The fourth-order valence-corrected chi connectivity index (χ4v) is 16.3. The van der Waals surface area contributed by atoms with E-state index >= 15 is 0 Å². The van der Waals surface area contributed by atoms with E-state index in [2.05, 4.69) is 0 Å². The fourth-order valence-electron chi connectivity index (χ4n) is 16.3. The molecule has 4 saturated heterocycles. The number of benzene rings is 13. The monoisotopic (exact) mass is 1840 g/mol. The molecule has 0 bridgehead atoms. The molecular weight excluding hydrogens is 1730 g/mol. The summed E-state index contributed by atoms with van der Waals surface area (Å²) >= 11 is 0. The van der Waals surface area contributed by atoms with Gasteiger partial charge in [-0.15, -0.1) is 0 Å².